The predicted molar refractivity (Wildman–Crippen MR) is 108 cm³/mol. The third-order valence-electron chi connectivity index (χ3n) is 5.38. The SMILES string of the molecule is N#Cc1ccccc1-c1ccc(CN2CCc3[nH]cnc3[C@@H]2c2ccncc2)o1. The number of fused-ring (bicyclic) bond motifs is 1. The van der Waals surface area contributed by atoms with Gasteiger partial charge in [0.05, 0.1) is 36.2 Å². The quantitative estimate of drug-likeness (QED) is 0.576. The fraction of sp³-hybridized carbons (Fsp3) is 0.174. The van der Waals surface area contributed by atoms with Gasteiger partial charge < -0.3 is 9.40 Å². The Balaban J connectivity index is 1.46. The smallest absolute Gasteiger partial charge is 0.135 e. The number of pyridine rings is 1. The van der Waals surface area contributed by atoms with Gasteiger partial charge in [-0.15, -0.1) is 0 Å². The van der Waals surface area contributed by atoms with Crippen LogP contribution in [0.15, 0.2) is 71.7 Å². The van der Waals surface area contributed by atoms with Crippen molar-refractivity contribution < 1.29 is 4.42 Å². The Kier molecular flexibility index (Phi) is 4.43. The lowest BCUT2D eigenvalue weighted by Gasteiger charge is -2.34. The van der Waals surface area contributed by atoms with Crippen LogP contribution in [0.3, 0.4) is 0 Å². The number of furan rings is 1. The molecule has 142 valence electrons. The molecular formula is C23H19N5O. The van der Waals surface area contributed by atoms with Gasteiger partial charge in [0.25, 0.3) is 0 Å². The summed E-state index contributed by atoms with van der Waals surface area (Å²) in [5, 5.41) is 9.37. The normalized spacial score (nSPS) is 16.3. The number of nitrogens with one attached hydrogen (secondary N) is 1. The van der Waals surface area contributed by atoms with Gasteiger partial charge in [0.15, 0.2) is 0 Å². The second kappa shape index (κ2) is 7.38. The van der Waals surface area contributed by atoms with E-state index >= 15 is 0 Å². The van der Waals surface area contributed by atoms with Crippen molar-refractivity contribution in [2.75, 3.05) is 6.54 Å². The van der Waals surface area contributed by atoms with Crippen LogP contribution < -0.4 is 0 Å². The number of nitrogens with zero attached hydrogens (tertiary/aromatic N) is 4. The molecule has 1 N–H and O–H groups in total. The average molecular weight is 381 g/mol. The topological polar surface area (TPSA) is 81.7 Å². The van der Waals surface area contributed by atoms with Crippen molar-refractivity contribution in [2.45, 2.75) is 19.0 Å². The lowest BCUT2D eigenvalue weighted by atomic mass is 9.96. The predicted octanol–water partition coefficient (Wildman–Crippen LogP) is 4.08. The van der Waals surface area contributed by atoms with Crippen LogP contribution in [-0.2, 0) is 13.0 Å². The van der Waals surface area contributed by atoms with Crippen molar-refractivity contribution in [1.29, 1.82) is 5.26 Å². The molecule has 0 unspecified atom stereocenters. The summed E-state index contributed by atoms with van der Waals surface area (Å²) in [7, 11) is 0. The zero-order chi connectivity index (χ0) is 19.6. The van der Waals surface area contributed by atoms with Gasteiger partial charge in [0, 0.05) is 36.6 Å². The molecule has 0 spiro atoms. The molecule has 6 heteroatoms. The number of nitriles is 1. The van der Waals surface area contributed by atoms with Crippen LogP contribution in [0.4, 0.5) is 0 Å². The number of aromatic nitrogens is 3. The first kappa shape index (κ1) is 17.4. The maximum absolute atomic E-state index is 9.37. The van der Waals surface area contributed by atoms with Crippen molar-refractivity contribution in [3.8, 4) is 17.4 Å². The molecule has 0 radical (unpaired) electrons. The fourth-order valence-corrected chi connectivity index (χ4v) is 4.01. The summed E-state index contributed by atoms with van der Waals surface area (Å²) < 4.78 is 6.14. The third-order valence-corrected chi connectivity index (χ3v) is 5.38. The molecular weight excluding hydrogens is 362 g/mol. The Morgan fingerprint density at radius 3 is 2.86 bits per heavy atom. The zero-order valence-electron chi connectivity index (χ0n) is 15.7. The van der Waals surface area contributed by atoms with Gasteiger partial charge in [0.2, 0.25) is 0 Å². The third kappa shape index (κ3) is 3.22. The molecule has 4 heterocycles. The van der Waals surface area contributed by atoms with Crippen LogP contribution in [0.1, 0.15) is 34.3 Å². The minimum absolute atomic E-state index is 0.0490. The van der Waals surface area contributed by atoms with Gasteiger partial charge in [0.1, 0.15) is 11.5 Å². The number of aromatic amines is 1. The molecule has 1 atom stereocenters. The van der Waals surface area contributed by atoms with Crippen LogP contribution in [0.5, 0.6) is 0 Å². The van der Waals surface area contributed by atoms with E-state index in [0.717, 1.165) is 41.3 Å². The highest BCUT2D eigenvalue weighted by molar-refractivity contribution is 5.66. The van der Waals surface area contributed by atoms with E-state index < -0.39 is 0 Å². The van der Waals surface area contributed by atoms with E-state index in [-0.39, 0.29) is 6.04 Å². The Morgan fingerprint density at radius 2 is 2.00 bits per heavy atom. The van der Waals surface area contributed by atoms with Crippen LogP contribution >= 0.6 is 0 Å². The maximum Gasteiger partial charge on any atom is 0.135 e. The second-order valence-electron chi connectivity index (χ2n) is 7.09. The number of benzene rings is 1. The maximum atomic E-state index is 9.37. The Labute approximate surface area is 168 Å². The van der Waals surface area contributed by atoms with Crippen LogP contribution in [-0.4, -0.2) is 26.4 Å². The van der Waals surface area contributed by atoms with Crippen molar-refractivity contribution in [3.05, 3.63) is 95.5 Å². The molecule has 29 heavy (non-hydrogen) atoms. The molecule has 0 amide bonds. The van der Waals surface area contributed by atoms with Crippen LogP contribution in [0.2, 0.25) is 0 Å². The van der Waals surface area contributed by atoms with E-state index in [4.69, 9.17) is 4.42 Å². The number of rotatable bonds is 4. The molecule has 0 saturated carbocycles. The highest BCUT2D eigenvalue weighted by atomic mass is 16.3. The van der Waals surface area contributed by atoms with Gasteiger partial charge in [-0.1, -0.05) is 12.1 Å². The Hall–Kier alpha value is -3.69. The minimum atomic E-state index is 0.0490. The highest BCUT2D eigenvalue weighted by Crippen LogP contribution is 2.35. The fourth-order valence-electron chi connectivity index (χ4n) is 4.01. The zero-order valence-corrected chi connectivity index (χ0v) is 15.7. The minimum Gasteiger partial charge on any atom is -0.460 e. The van der Waals surface area contributed by atoms with E-state index in [2.05, 4.69) is 25.9 Å². The average Bonchev–Trinajstić information content (AvgIpc) is 3.44. The van der Waals surface area contributed by atoms with Crippen molar-refractivity contribution in [2.24, 2.45) is 0 Å². The van der Waals surface area contributed by atoms with Gasteiger partial charge in [-0.2, -0.15) is 5.26 Å². The van der Waals surface area contributed by atoms with Crippen molar-refractivity contribution in [3.63, 3.8) is 0 Å². The molecule has 5 rings (SSSR count). The molecule has 1 aliphatic heterocycles. The summed E-state index contributed by atoms with van der Waals surface area (Å²) in [6, 6.07) is 17.8. The lowest BCUT2D eigenvalue weighted by molar-refractivity contribution is 0.185. The summed E-state index contributed by atoms with van der Waals surface area (Å²) in [4.78, 5) is 14.4. The molecule has 4 aromatic rings. The Morgan fingerprint density at radius 1 is 1.14 bits per heavy atom. The number of hydrogen-bond acceptors (Lipinski definition) is 5. The lowest BCUT2D eigenvalue weighted by Crippen LogP contribution is -2.35. The number of H-pyrrole nitrogens is 1. The second-order valence-corrected chi connectivity index (χ2v) is 7.09. The monoisotopic (exact) mass is 381 g/mol. The van der Waals surface area contributed by atoms with Gasteiger partial charge >= 0.3 is 0 Å². The van der Waals surface area contributed by atoms with Gasteiger partial charge in [-0.05, 0) is 42.0 Å². The van der Waals surface area contributed by atoms with E-state index in [9.17, 15) is 5.26 Å². The molecule has 0 bridgehead atoms. The highest BCUT2D eigenvalue weighted by Gasteiger charge is 2.31. The van der Waals surface area contributed by atoms with E-state index in [1.165, 1.54) is 5.69 Å². The van der Waals surface area contributed by atoms with Gasteiger partial charge in [-0.25, -0.2) is 4.98 Å². The van der Waals surface area contributed by atoms with E-state index in [1.54, 1.807) is 12.4 Å². The van der Waals surface area contributed by atoms with Crippen molar-refractivity contribution in [1.82, 2.24) is 19.9 Å². The first-order chi connectivity index (χ1) is 14.3. The first-order valence-electron chi connectivity index (χ1n) is 9.58. The summed E-state index contributed by atoms with van der Waals surface area (Å²) in [6.07, 6.45) is 6.32. The summed E-state index contributed by atoms with van der Waals surface area (Å²) >= 11 is 0. The summed E-state index contributed by atoms with van der Waals surface area (Å²) in [5.74, 6) is 1.58. The largest absolute Gasteiger partial charge is 0.460 e. The first-order valence-corrected chi connectivity index (χ1v) is 9.58. The van der Waals surface area contributed by atoms with Crippen LogP contribution in [0, 0.1) is 11.3 Å². The van der Waals surface area contributed by atoms with Crippen LogP contribution in [0.25, 0.3) is 11.3 Å². The molecule has 1 aliphatic rings. The molecule has 6 nitrogen and oxygen atoms in total. The Bertz CT molecular complexity index is 1170. The number of hydrogen-bond donors (Lipinski definition) is 1. The van der Waals surface area contributed by atoms with Gasteiger partial charge in [-0.3, -0.25) is 9.88 Å². The summed E-state index contributed by atoms with van der Waals surface area (Å²) in [6.45, 7) is 1.56. The molecule has 0 saturated heterocycles. The van der Waals surface area contributed by atoms with E-state index in [1.807, 2.05) is 54.9 Å². The molecule has 1 aromatic carbocycles. The van der Waals surface area contributed by atoms with Crippen molar-refractivity contribution >= 4 is 0 Å². The van der Waals surface area contributed by atoms with E-state index in [0.29, 0.717) is 12.1 Å². The molecule has 3 aromatic heterocycles. The number of imidazole rings is 1. The summed E-state index contributed by atoms with van der Waals surface area (Å²) in [5.41, 5.74) is 4.84. The standard InChI is InChI=1S/C23H19N5O/c24-13-17-3-1-2-4-19(17)21-6-5-18(29-21)14-28-12-9-20-22(27-15-26-20)23(28)16-7-10-25-11-8-16/h1-8,10-11,15,23H,9,12,14H2,(H,26,27)/t23-/m0/s1. The molecule has 0 fully saturated rings. The molecule has 0 aliphatic carbocycles.